The molecule has 1 heterocycles. The molecule has 0 radical (unpaired) electrons. The Hall–Kier alpha value is -6.44. The smallest absolute Gasteiger partial charge is 0.128 e. The van der Waals surface area contributed by atoms with E-state index in [2.05, 4.69) is 194 Å². The SMILES string of the molecule is c1ccc(-c2ccc(-c3cc(-c4ccc(-c5ccccc5)cc4)cc(-c4ccc(-c5cccc6c5-c5ccccc5CO6)cc4)c3)cc2)cc1. The molecule has 0 N–H and O–H groups in total. The van der Waals surface area contributed by atoms with Crippen LogP contribution in [-0.4, -0.2) is 0 Å². The highest BCUT2D eigenvalue weighted by atomic mass is 16.5. The summed E-state index contributed by atoms with van der Waals surface area (Å²) in [7, 11) is 0. The van der Waals surface area contributed by atoms with Gasteiger partial charge in [-0.25, -0.2) is 0 Å². The Labute approximate surface area is 293 Å². The average Bonchev–Trinajstić information content (AvgIpc) is 3.21. The molecule has 50 heavy (non-hydrogen) atoms. The Morgan fingerprint density at radius 3 is 1.16 bits per heavy atom. The van der Waals surface area contributed by atoms with E-state index < -0.39 is 0 Å². The Morgan fingerprint density at radius 2 is 0.660 bits per heavy atom. The molecule has 1 aliphatic rings. The van der Waals surface area contributed by atoms with Gasteiger partial charge in [0.1, 0.15) is 12.4 Å². The van der Waals surface area contributed by atoms with Crippen molar-refractivity contribution in [3.05, 3.63) is 200 Å². The molecule has 0 fully saturated rings. The van der Waals surface area contributed by atoms with E-state index in [1.54, 1.807) is 0 Å². The van der Waals surface area contributed by atoms with Crippen LogP contribution in [0.1, 0.15) is 5.56 Å². The van der Waals surface area contributed by atoms with Crippen molar-refractivity contribution in [3.63, 3.8) is 0 Å². The lowest BCUT2D eigenvalue weighted by molar-refractivity contribution is 0.302. The van der Waals surface area contributed by atoms with Crippen molar-refractivity contribution in [1.82, 2.24) is 0 Å². The molecular weight excluding hydrogens is 605 g/mol. The fraction of sp³-hybridized carbons (Fsp3) is 0.0204. The summed E-state index contributed by atoms with van der Waals surface area (Å²) in [6.45, 7) is 0.605. The number of fused-ring (bicyclic) bond motifs is 3. The highest BCUT2D eigenvalue weighted by Gasteiger charge is 2.20. The Kier molecular flexibility index (Phi) is 7.64. The van der Waals surface area contributed by atoms with Gasteiger partial charge in [0.2, 0.25) is 0 Å². The third-order valence-electron chi connectivity index (χ3n) is 9.81. The fourth-order valence-corrected chi connectivity index (χ4v) is 7.16. The summed E-state index contributed by atoms with van der Waals surface area (Å²) in [6.07, 6.45) is 0. The van der Waals surface area contributed by atoms with Crippen LogP contribution in [0, 0.1) is 0 Å². The van der Waals surface area contributed by atoms with Crippen LogP contribution in [-0.2, 0) is 6.61 Å². The quantitative estimate of drug-likeness (QED) is 0.176. The standard InChI is InChI=1S/C49H34O/c1-3-10-34(11-4-1)36-18-22-38(23-19-36)43-30-44(39-24-20-37(21-25-39)35-12-5-2-6-13-35)32-45(31-43)40-26-28-41(29-27-40)46-16-9-17-48-49(46)47-15-8-7-14-42(47)33-50-48/h1-32H,33H2. The molecular formula is C49H34O. The largest absolute Gasteiger partial charge is 0.488 e. The molecule has 9 rings (SSSR count). The average molecular weight is 639 g/mol. The molecule has 236 valence electrons. The molecule has 8 aromatic carbocycles. The van der Waals surface area contributed by atoms with Crippen LogP contribution in [0.2, 0.25) is 0 Å². The number of hydrogen-bond acceptors (Lipinski definition) is 1. The van der Waals surface area contributed by atoms with Crippen molar-refractivity contribution in [2.24, 2.45) is 0 Å². The Bertz CT molecular complexity index is 2320. The van der Waals surface area contributed by atoms with Crippen LogP contribution >= 0.6 is 0 Å². The van der Waals surface area contributed by atoms with Gasteiger partial charge in [0.15, 0.2) is 0 Å². The summed E-state index contributed by atoms with van der Waals surface area (Å²) in [5, 5.41) is 0. The van der Waals surface area contributed by atoms with Gasteiger partial charge in [-0.1, -0.05) is 170 Å². The second-order valence-electron chi connectivity index (χ2n) is 12.9. The minimum Gasteiger partial charge on any atom is -0.488 e. The minimum atomic E-state index is 0.605. The molecule has 8 aromatic rings. The molecule has 0 unspecified atom stereocenters. The van der Waals surface area contributed by atoms with Crippen LogP contribution in [0.3, 0.4) is 0 Å². The van der Waals surface area contributed by atoms with E-state index in [1.165, 1.54) is 83.5 Å². The lowest BCUT2D eigenvalue weighted by atomic mass is 9.88. The van der Waals surface area contributed by atoms with Crippen LogP contribution in [0.5, 0.6) is 5.75 Å². The van der Waals surface area contributed by atoms with Crippen LogP contribution in [0.4, 0.5) is 0 Å². The molecule has 0 spiro atoms. The number of ether oxygens (including phenoxy) is 1. The zero-order valence-electron chi connectivity index (χ0n) is 27.6. The highest BCUT2D eigenvalue weighted by Crippen LogP contribution is 2.44. The van der Waals surface area contributed by atoms with Gasteiger partial charge < -0.3 is 4.74 Å². The van der Waals surface area contributed by atoms with E-state index in [0.29, 0.717) is 6.61 Å². The van der Waals surface area contributed by atoms with E-state index in [0.717, 1.165) is 5.75 Å². The van der Waals surface area contributed by atoms with Gasteiger partial charge in [0, 0.05) is 5.56 Å². The van der Waals surface area contributed by atoms with Gasteiger partial charge in [0.05, 0.1) is 0 Å². The fourth-order valence-electron chi connectivity index (χ4n) is 7.16. The lowest BCUT2D eigenvalue weighted by Gasteiger charge is -2.23. The van der Waals surface area contributed by atoms with Gasteiger partial charge in [-0.3, -0.25) is 0 Å². The summed E-state index contributed by atoms with van der Waals surface area (Å²) in [4.78, 5) is 0. The summed E-state index contributed by atoms with van der Waals surface area (Å²) >= 11 is 0. The molecule has 0 saturated carbocycles. The predicted molar refractivity (Wildman–Crippen MR) is 209 cm³/mol. The normalized spacial score (nSPS) is 11.7. The maximum Gasteiger partial charge on any atom is 0.128 e. The maximum atomic E-state index is 6.18. The molecule has 0 aromatic heterocycles. The van der Waals surface area contributed by atoms with Crippen molar-refractivity contribution in [2.75, 3.05) is 0 Å². The van der Waals surface area contributed by atoms with Crippen molar-refractivity contribution in [3.8, 4) is 83.6 Å². The summed E-state index contributed by atoms with van der Waals surface area (Å²) in [6, 6.07) is 69.9. The third-order valence-corrected chi connectivity index (χ3v) is 9.81. The maximum absolute atomic E-state index is 6.18. The topological polar surface area (TPSA) is 9.23 Å². The summed E-state index contributed by atoms with van der Waals surface area (Å²) in [5.74, 6) is 0.944. The molecule has 0 bridgehead atoms. The van der Waals surface area contributed by atoms with E-state index >= 15 is 0 Å². The zero-order chi connectivity index (χ0) is 33.3. The van der Waals surface area contributed by atoms with Gasteiger partial charge in [-0.05, 0) is 102 Å². The van der Waals surface area contributed by atoms with E-state index in [1.807, 2.05) is 0 Å². The van der Waals surface area contributed by atoms with Crippen LogP contribution in [0.25, 0.3) is 77.9 Å². The lowest BCUT2D eigenvalue weighted by Crippen LogP contribution is -2.06. The van der Waals surface area contributed by atoms with Gasteiger partial charge in [-0.2, -0.15) is 0 Å². The first-order valence-corrected chi connectivity index (χ1v) is 17.2. The Morgan fingerprint density at radius 1 is 0.280 bits per heavy atom. The predicted octanol–water partition coefficient (Wildman–Crippen LogP) is 13.2. The van der Waals surface area contributed by atoms with Crippen molar-refractivity contribution in [1.29, 1.82) is 0 Å². The van der Waals surface area contributed by atoms with Crippen LogP contribution < -0.4 is 4.74 Å². The van der Waals surface area contributed by atoms with Crippen molar-refractivity contribution < 1.29 is 4.74 Å². The second kappa shape index (κ2) is 12.9. The first-order chi connectivity index (χ1) is 24.8. The molecule has 1 heteroatoms. The number of benzene rings is 8. The van der Waals surface area contributed by atoms with Crippen LogP contribution in [0.15, 0.2) is 194 Å². The van der Waals surface area contributed by atoms with Crippen molar-refractivity contribution >= 4 is 0 Å². The first kappa shape index (κ1) is 29.7. The second-order valence-corrected chi connectivity index (χ2v) is 12.9. The third kappa shape index (κ3) is 5.70. The van der Waals surface area contributed by atoms with E-state index in [4.69, 9.17) is 4.74 Å². The van der Waals surface area contributed by atoms with Gasteiger partial charge in [-0.15, -0.1) is 0 Å². The summed E-state index contributed by atoms with van der Waals surface area (Å²) in [5.41, 5.74) is 18.0. The number of rotatable bonds is 6. The molecule has 0 aliphatic carbocycles. The first-order valence-electron chi connectivity index (χ1n) is 17.2. The zero-order valence-corrected chi connectivity index (χ0v) is 27.6. The van der Waals surface area contributed by atoms with Gasteiger partial charge in [0.25, 0.3) is 0 Å². The molecule has 0 saturated heterocycles. The monoisotopic (exact) mass is 638 g/mol. The number of hydrogen-bond donors (Lipinski definition) is 0. The molecule has 1 nitrogen and oxygen atoms in total. The summed E-state index contributed by atoms with van der Waals surface area (Å²) < 4.78 is 6.18. The highest BCUT2D eigenvalue weighted by molar-refractivity contribution is 5.91. The van der Waals surface area contributed by atoms with Gasteiger partial charge >= 0.3 is 0 Å². The minimum absolute atomic E-state index is 0.605. The van der Waals surface area contributed by atoms with E-state index in [9.17, 15) is 0 Å². The molecule has 0 atom stereocenters. The van der Waals surface area contributed by atoms with E-state index in [-0.39, 0.29) is 0 Å². The molecule has 1 aliphatic heterocycles. The van der Waals surface area contributed by atoms with Crippen molar-refractivity contribution in [2.45, 2.75) is 6.61 Å². The Balaban J connectivity index is 1.11. The molecule has 0 amide bonds.